The lowest BCUT2D eigenvalue weighted by Crippen LogP contribution is -2.49. The van der Waals surface area contributed by atoms with Crippen LogP contribution in [0.2, 0.25) is 5.02 Å². The highest BCUT2D eigenvalue weighted by Crippen LogP contribution is 2.23. The first-order valence-electron chi connectivity index (χ1n) is 11.9. The predicted octanol–water partition coefficient (Wildman–Crippen LogP) is 4.23. The Morgan fingerprint density at radius 3 is 2.28 bits per heavy atom. The molecule has 1 N–H and O–H groups in total. The molecule has 0 aliphatic carbocycles. The predicted molar refractivity (Wildman–Crippen MR) is 144 cm³/mol. The van der Waals surface area contributed by atoms with E-state index in [1.54, 1.807) is 43.3 Å². The van der Waals surface area contributed by atoms with Gasteiger partial charge in [-0.15, -0.1) is 0 Å². The molecule has 0 aromatic heterocycles. The van der Waals surface area contributed by atoms with E-state index >= 15 is 0 Å². The standard InChI is InChI=1S/C26H36ClN3O5S/c1-6-19(2)28-26(32)20(3)29(18-21-10-7-8-11-24(21)27)25(31)12-9-17-30(36(5,33)34)22-13-15-23(35-4)16-14-22/h7-8,10-11,13-16,19-20H,6,9,12,17-18H2,1-5H3,(H,28,32)/t19-,20-/m0/s1. The Balaban J connectivity index is 2.18. The van der Waals surface area contributed by atoms with Crippen molar-refractivity contribution in [1.82, 2.24) is 10.2 Å². The molecule has 0 aliphatic heterocycles. The van der Waals surface area contributed by atoms with Crippen molar-refractivity contribution in [2.24, 2.45) is 0 Å². The minimum absolute atomic E-state index is 0.0231. The van der Waals surface area contributed by atoms with Crippen LogP contribution >= 0.6 is 11.6 Å². The van der Waals surface area contributed by atoms with Crippen LogP contribution in [0.15, 0.2) is 48.5 Å². The van der Waals surface area contributed by atoms with Gasteiger partial charge in [0.05, 0.1) is 19.1 Å². The molecule has 8 nitrogen and oxygen atoms in total. The molecule has 2 aromatic rings. The van der Waals surface area contributed by atoms with Crippen LogP contribution in [0.5, 0.6) is 5.75 Å². The molecule has 2 atom stereocenters. The zero-order valence-corrected chi connectivity index (χ0v) is 23.1. The zero-order chi connectivity index (χ0) is 26.9. The molecule has 0 saturated carbocycles. The maximum atomic E-state index is 13.3. The van der Waals surface area contributed by atoms with Gasteiger partial charge in [0.2, 0.25) is 21.8 Å². The molecule has 10 heteroatoms. The Kier molecular flexibility index (Phi) is 11.0. The van der Waals surface area contributed by atoms with E-state index < -0.39 is 16.1 Å². The van der Waals surface area contributed by atoms with Crippen molar-refractivity contribution < 1.29 is 22.7 Å². The smallest absolute Gasteiger partial charge is 0.242 e. The molecule has 0 aliphatic rings. The Labute approximate surface area is 219 Å². The van der Waals surface area contributed by atoms with Crippen LogP contribution < -0.4 is 14.4 Å². The number of ether oxygens (including phenoxy) is 1. The fourth-order valence-electron chi connectivity index (χ4n) is 3.61. The van der Waals surface area contributed by atoms with Crippen LogP contribution in [0.3, 0.4) is 0 Å². The van der Waals surface area contributed by atoms with Crippen molar-refractivity contribution >= 4 is 39.1 Å². The second kappa shape index (κ2) is 13.5. The summed E-state index contributed by atoms with van der Waals surface area (Å²) in [6, 6.07) is 13.1. The molecule has 2 rings (SSSR count). The van der Waals surface area contributed by atoms with Gasteiger partial charge >= 0.3 is 0 Å². The Morgan fingerprint density at radius 1 is 1.08 bits per heavy atom. The van der Waals surface area contributed by atoms with Crippen LogP contribution in [-0.4, -0.2) is 57.1 Å². The van der Waals surface area contributed by atoms with Gasteiger partial charge in [0.1, 0.15) is 11.8 Å². The molecule has 36 heavy (non-hydrogen) atoms. The highest BCUT2D eigenvalue weighted by atomic mass is 35.5. The summed E-state index contributed by atoms with van der Waals surface area (Å²) in [6.45, 7) is 5.85. The molecule has 2 amide bonds. The largest absolute Gasteiger partial charge is 0.497 e. The fraction of sp³-hybridized carbons (Fsp3) is 0.462. The lowest BCUT2D eigenvalue weighted by molar-refractivity contribution is -0.140. The van der Waals surface area contributed by atoms with E-state index in [9.17, 15) is 18.0 Å². The van der Waals surface area contributed by atoms with Gasteiger partial charge in [-0.05, 0) is 62.6 Å². The van der Waals surface area contributed by atoms with E-state index in [0.717, 1.165) is 18.2 Å². The Morgan fingerprint density at radius 2 is 1.72 bits per heavy atom. The number of hydrogen-bond donors (Lipinski definition) is 1. The first kappa shape index (κ1) is 29.5. The number of carbonyl (C=O) groups is 2. The van der Waals surface area contributed by atoms with E-state index in [4.69, 9.17) is 16.3 Å². The third-order valence-electron chi connectivity index (χ3n) is 5.98. The number of rotatable bonds is 13. The highest BCUT2D eigenvalue weighted by Gasteiger charge is 2.27. The molecular weight excluding hydrogens is 502 g/mol. The van der Waals surface area contributed by atoms with Crippen molar-refractivity contribution in [3.63, 3.8) is 0 Å². The molecule has 2 aromatic carbocycles. The topological polar surface area (TPSA) is 96.0 Å². The second-order valence-corrected chi connectivity index (χ2v) is 11.1. The molecule has 0 spiro atoms. The second-order valence-electron chi connectivity index (χ2n) is 8.74. The summed E-state index contributed by atoms with van der Waals surface area (Å²) in [5.41, 5.74) is 1.21. The van der Waals surface area contributed by atoms with E-state index in [1.807, 2.05) is 26.0 Å². The van der Waals surface area contributed by atoms with Crippen LogP contribution in [-0.2, 0) is 26.2 Å². The number of nitrogens with one attached hydrogen (secondary N) is 1. The van der Waals surface area contributed by atoms with Crippen LogP contribution in [0.4, 0.5) is 5.69 Å². The molecule has 0 heterocycles. The molecule has 0 fully saturated rings. The minimum atomic E-state index is -3.57. The molecule has 0 radical (unpaired) electrons. The summed E-state index contributed by atoms with van der Waals surface area (Å²) in [5, 5.41) is 3.43. The summed E-state index contributed by atoms with van der Waals surface area (Å²) >= 11 is 6.33. The number of anilines is 1. The minimum Gasteiger partial charge on any atom is -0.497 e. The number of hydrogen-bond acceptors (Lipinski definition) is 5. The van der Waals surface area contributed by atoms with E-state index in [-0.39, 0.29) is 43.8 Å². The summed E-state index contributed by atoms with van der Waals surface area (Å²) in [5.74, 6) is 0.105. The van der Waals surface area contributed by atoms with Gasteiger partial charge in [0, 0.05) is 30.6 Å². The van der Waals surface area contributed by atoms with Gasteiger partial charge in [0.15, 0.2) is 0 Å². The lowest BCUT2D eigenvalue weighted by Gasteiger charge is -2.30. The van der Waals surface area contributed by atoms with Crippen LogP contribution in [0.25, 0.3) is 0 Å². The number of amides is 2. The van der Waals surface area contributed by atoms with Crippen LogP contribution in [0.1, 0.15) is 45.6 Å². The van der Waals surface area contributed by atoms with E-state index in [1.165, 1.54) is 16.3 Å². The average molecular weight is 538 g/mol. The quantitative estimate of drug-likeness (QED) is 0.412. The Hall–Kier alpha value is -2.78. The Bertz CT molecular complexity index is 1120. The highest BCUT2D eigenvalue weighted by molar-refractivity contribution is 7.92. The van der Waals surface area contributed by atoms with E-state index in [0.29, 0.717) is 16.5 Å². The van der Waals surface area contributed by atoms with E-state index in [2.05, 4.69) is 5.32 Å². The fourth-order valence-corrected chi connectivity index (χ4v) is 4.77. The SMILES string of the molecule is CC[C@H](C)NC(=O)[C@H](C)N(Cc1ccccc1Cl)C(=O)CCCN(c1ccc(OC)cc1)S(C)(=O)=O. The first-order chi connectivity index (χ1) is 17.0. The number of carbonyl (C=O) groups excluding carboxylic acids is 2. The summed E-state index contributed by atoms with van der Waals surface area (Å²) in [6.07, 6.45) is 2.23. The van der Waals surface area contributed by atoms with Gasteiger partial charge in [-0.2, -0.15) is 0 Å². The normalized spacial score (nSPS) is 12.9. The number of methoxy groups -OCH3 is 1. The molecule has 198 valence electrons. The van der Waals surface area contributed by atoms with Gasteiger partial charge in [-0.3, -0.25) is 13.9 Å². The maximum absolute atomic E-state index is 13.3. The third-order valence-corrected chi connectivity index (χ3v) is 7.54. The number of nitrogens with zero attached hydrogens (tertiary/aromatic N) is 2. The van der Waals surface area contributed by atoms with Crippen LogP contribution in [0, 0.1) is 0 Å². The number of sulfonamides is 1. The van der Waals surface area contributed by atoms with Gasteiger partial charge in [0.25, 0.3) is 0 Å². The number of benzene rings is 2. The van der Waals surface area contributed by atoms with Crippen molar-refractivity contribution in [1.29, 1.82) is 0 Å². The van der Waals surface area contributed by atoms with Crippen molar-refractivity contribution in [3.8, 4) is 5.75 Å². The molecule has 0 unspecified atom stereocenters. The van der Waals surface area contributed by atoms with Gasteiger partial charge in [-0.1, -0.05) is 36.7 Å². The summed E-state index contributed by atoms with van der Waals surface area (Å²) < 4.78 is 31.3. The summed E-state index contributed by atoms with van der Waals surface area (Å²) in [4.78, 5) is 27.7. The van der Waals surface area contributed by atoms with Crippen molar-refractivity contribution in [2.45, 2.75) is 58.7 Å². The molecular formula is C26H36ClN3O5S. The average Bonchev–Trinajstić information content (AvgIpc) is 2.84. The molecule has 0 bridgehead atoms. The molecule has 0 saturated heterocycles. The summed E-state index contributed by atoms with van der Waals surface area (Å²) in [7, 11) is -2.03. The number of halogens is 1. The third kappa shape index (κ3) is 8.41. The first-order valence-corrected chi connectivity index (χ1v) is 14.2. The lowest BCUT2D eigenvalue weighted by atomic mass is 10.1. The van der Waals surface area contributed by atoms with Crippen molar-refractivity contribution in [3.05, 3.63) is 59.1 Å². The van der Waals surface area contributed by atoms with Gasteiger partial charge < -0.3 is 15.0 Å². The van der Waals surface area contributed by atoms with Crippen molar-refractivity contribution in [2.75, 3.05) is 24.2 Å². The maximum Gasteiger partial charge on any atom is 0.242 e. The van der Waals surface area contributed by atoms with Gasteiger partial charge in [-0.25, -0.2) is 8.42 Å². The monoisotopic (exact) mass is 537 g/mol. The zero-order valence-electron chi connectivity index (χ0n) is 21.5.